The second-order valence-corrected chi connectivity index (χ2v) is 5.98. The second-order valence-electron chi connectivity index (χ2n) is 4.97. The third-order valence-corrected chi connectivity index (χ3v) is 4.01. The molecule has 0 spiro atoms. The summed E-state index contributed by atoms with van der Waals surface area (Å²) in [5, 5.41) is 23.9. The van der Waals surface area contributed by atoms with Gasteiger partial charge in [-0.1, -0.05) is 43.4 Å². The van der Waals surface area contributed by atoms with E-state index in [1.807, 2.05) is 13.8 Å². The third kappa shape index (κ3) is 4.22. The highest BCUT2D eigenvalue weighted by Crippen LogP contribution is 2.22. The number of hydrogen-bond acceptors (Lipinski definition) is 5. The van der Waals surface area contributed by atoms with Crippen LogP contribution < -0.4 is 10.6 Å². The Morgan fingerprint density at radius 1 is 1.36 bits per heavy atom. The average molecular weight is 324 g/mol. The lowest BCUT2D eigenvalue weighted by Crippen LogP contribution is -2.32. The van der Waals surface area contributed by atoms with Crippen LogP contribution in [-0.4, -0.2) is 27.9 Å². The summed E-state index contributed by atoms with van der Waals surface area (Å²) in [5.74, 6) is -0.276. The number of aromatic nitrogens is 2. The average Bonchev–Trinajstić information content (AvgIpc) is 2.94. The van der Waals surface area contributed by atoms with Crippen molar-refractivity contribution >= 4 is 22.5 Å². The Labute approximate surface area is 131 Å². The molecule has 0 aliphatic heterocycles. The summed E-state index contributed by atoms with van der Waals surface area (Å²) < 4.78 is 13.5. The molecule has 1 aromatic heterocycles. The zero-order chi connectivity index (χ0) is 16.1. The van der Waals surface area contributed by atoms with Crippen LogP contribution in [0.25, 0.3) is 0 Å². The minimum absolute atomic E-state index is 0.109. The number of nitrogens with zero attached hydrogens (tertiary/aromatic N) is 2. The van der Waals surface area contributed by atoms with Crippen molar-refractivity contribution in [2.75, 3.05) is 11.9 Å². The highest BCUT2D eigenvalue weighted by Gasteiger charge is 2.14. The van der Waals surface area contributed by atoms with Crippen molar-refractivity contribution in [3.63, 3.8) is 0 Å². The van der Waals surface area contributed by atoms with Crippen molar-refractivity contribution in [3.8, 4) is 0 Å². The molecular weight excluding hydrogens is 307 g/mol. The van der Waals surface area contributed by atoms with Gasteiger partial charge >= 0.3 is 6.03 Å². The minimum Gasteiger partial charge on any atom is -0.386 e. The zero-order valence-corrected chi connectivity index (χ0v) is 13.0. The van der Waals surface area contributed by atoms with Gasteiger partial charge in [-0.3, -0.25) is 5.32 Å². The molecule has 0 unspecified atom stereocenters. The molecule has 0 saturated heterocycles. The number of rotatable bonds is 5. The fourth-order valence-electron chi connectivity index (χ4n) is 1.70. The molecule has 1 atom stereocenters. The summed E-state index contributed by atoms with van der Waals surface area (Å²) in [5.41, 5.74) is 0.140. The standard InChI is InChI=1S/C14H17FN4O2S/c1-8(2)12-18-19-14(22-12)17-13(21)16-7-11(20)9-5-3-4-6-10(9)15/h3-6,8,11,20H,7H2,1-2H3,(H2,16,17,19,21)/t11-/m1/s1. The Morgan fingerprint density at radius 3 is 2.73 bits per heavy atom. The van der Waals surface area contributed by atoms with Gasteiger partial charge in [0.2, 0.25) is 5.13 Å². The van der Waals surface area contributed by atoms with Gasteiger partial charge in [0.05, 0.1) is 6.10 Å². The van der Waals surface area contributed by atoms with Crippen molar-refractivity contribution in [1.29, 1.82) is 0 Å². The van der Waals surface area contributed by atoms with E-state index in [0.29, 0.717) is 5.13 Å². The molecule has 0 aliphatic rings. The molecule has 1 heterocycles. The quantitative estimate of drug-likeness (QED) is 0.789. The van der Waals surface area contributed by atoms with E-state index >= 15 is 0 Å². The number of amides is 2. The number of anilines is 1. The van der Waals surface area contributed by atoms with Crippen molar-refractivity contribution in [3.05, 3.63) is 40.7 Å². The number of urea groups is 1. The van der Waals surface area contributed by atoms with Crippen LogP contribution in [0.4, 0.5) is 14.3 Å². The SMILES string of the molecule is CC(C)c1nnc(NC(=O)NC[C@@H](O)c2ccccc2F)s1. The summed E-state index contributed by atoms with van der Waals surface area (Å²) >= 11 is 1.29. The highest BCUT2D eigenvalue weighted by molar-refractivity contribution is 7.15. The van der Waals surface area contributed by atoms with Crippen LogP contribution in [0.5, 0.6) is 0 Å². The van der Waals surface area contributed by atoms with Gasteiger partial charge in [0.25, 0.3) is 0 Å². The molecule has 0 radical (unpaired) electrons. The lowest BCUT2D eigenvalue weighted by Gasteiger charge is -2.12. The number of carbonyl (C=O) groups is 1. The third-order valence-electron chi connectivity index (χ3n) is 2.88. The number of aliphatic hydroxyl groups is 1. The molecule has 118 valence electrons. The van der Waals surface area contributed by atoms with Gasteiger partial charge in [0.15, 0.2) is 0 Å². The van der Waals surface area contributed by atoms with E-state index in [9.17, 15) is 14.3 Å². The number of nitrogens with one attached hydrogen (secondary N) is 2. The van der Waals surface area contributed by atoms with Gasteiger partial charge in [-0.25, -0.2) is 9.18 Å². The molecule has 8 heteroatoms. The maximum absolute atomic E-state index is 13.5. The fourth-order valence-corrected chi connectivity index (χ4v) is 2.45. The van der Waals surface area contributed by atoms with Crippen LogP contribution in [0.1, 0.15) is 36.4 Å². The van der Waals surface area contributed by atoms with Crippen LogP contribution in [0.15, 0.2) is 24.3 Å². The van der Waals surface area contributed by atoms with Crippen LogP contribution in [-0.2, 0) is 0 Å². The normalized spacial score (nSPS) is 12.2. The van der Waals surface area contributed by atoms with Crippen LogP contribution in [0.2, 0.25) is 0 Å². The van der Waals surface area contributed by atoms with Gasteiger partial charge in [0.1, 0.15) is 10.8 Å². The maximum Gasteiger partial charge on any atom is 0.321 e. The zero-order valence-electron chi connectivity index (χ0n) is 12.2. The van der Waals surface area contributed by atoms with Gasteiger partial charge in [-0.15, -0.1) is 10.2 Å². The maximum atomic E-state index is 13.5. The summed E-state index contributed by atoms with van der Waals surface area (Å²) in [7, 11) is 0. The Kier molecular flexibility index (Phi) is 5.40. The molecule has 0 saturated carbocycles. The van der Waals surface area contributed by atoms with E-state index < -0.39 is 18.0 Å². The van der Waals surface area contributed by atoms with Crippen molar-refractivity contribution in [1.82, 2.24) is 15.5 Å². The van der Waals surface area contributed by atoms with E-state index in [2.05, 4.69) is 20.8 Å². The topological polar surface area (TPSA) is 87.1 Å². The lowest BCUT2D eigenvalue weighted by molar-refractivity contribution is 0.170. The summed E-state index contributed by atoms with van der Waals surface area (Å²) in [6.45, 7) is 3.85. The molecule has 1 aromatic carbocycles. The smallest absolute Gasteiger partial charge is 0.321 e. The van der Waals surface area contributed by atoms with E-state index in [1.54, 1.807) is 6.07 Å². The molecule has 0 aliphatic carbocycles. The van der Waals surface area contributed by atoms with Crippen molar-refractivity contribution in [2.24, 2.45) is 0 Å². The summed E-state index contributed by atoms with van der Waals surface area (Å²) in [4.78, 5) is 11.7. The molecule has 0 fully saturated rings. The van der Waals surface area contributed by atoms with Crippen LogP contribution in [0, 0.1) is 5.82 Å². The van der Waals surface area contributed by atoms with Gasteiger partial charge in [0, 0.05) is 18.0 Å². The first-order valence-corrected chi connectivity index (χ1v) is 7.59. The predicted molar refractivity (Wildman–Crippen MR) is 82.4 cm³/mol. The summed E-state index contributed by atoms with van der Waals surface area (Å²) in [6, 6.07) is 5.36. The molecule has 3 N–H and O–H groups in total. The largest absolute Gasteiger partial charge is 0.386 e. The lowest BCUT2D eigenvalue weighted by atomic mass is 10.1. The molecule has 2 rings (SSSR count). The Morgan fingerprint density at radius 2 is 2.09 bits per heavy atom. The summed E-state index contributed by atoms with van der Waals surface area (Å²) in [6.07, 6.45) is -1.12. The van der Waals surface area contributed by atoms with Gasteiger partial charge in [-0.2, -0.15) is 0 Å². The van der Waals surface area contributed by atoms with Crippen molar-refractivity contribution < 1.29 is 14.3 Å². The number of benzene rings is 1. The number of carbonyl (C=O) groups excluding carboxylic acids is 1. The van der Waals surface area contributed by atoms with Crippen LogP contribution in [0.3, 0.4) is 0 Å². The van der Waals surface area contributed by atoms with Gasteiger partial charge in [-0.05, 0) is 6.07 Å². The van der Waals surface area contributed by atoms with E-state index in [-0.39, 0.29) is 18.0 Å². The number of hydrogen-bond donors (Lipinski definition) is 3. The molecular formula is C14H17FN4O2S. The fraction of sp³-hybridized carbons (Fsp3) is 0.357. The van der Waals surface area contributed by atoms with E-state index in [0.717, 1.165) is 5.01 Å². The first kappa shape index (κ1) is 16.3. The van der Waals surface area contributed by atoms with Gasteiger partial charge < -0.3 is 10.4 Å². The molecule has 2 aromatic rings. The minimum atomic E-state index is -1.12. The number of aliphatic hydroxyl groups excluding tert-OH is 1. The molecule has 22 heavy (non-hydrogen) atoms. The van der Waals surface area contributed by atoms with Crippen LogP contribution >= 0.6 is 11.3 Å². The molecule has 2 amide bonds. The highest BCUT2D eigenvalue weighted by atomic mass is 32.1. The Balaban J connectivity index is 1.86. The van der Waals surface area contributed by atoms with Crippen molar-refractivity contribution in [2.45, 2.75) is 25.9 Å². The first-order chi connectivity index (χ1) is 10.5. The Bertz CT molecular complexity index is 647. The predicted octanol–water partition coefficient (Wildman–Crippen LogP) is 2.66. The Hall–Kier alpha value is -2.06. The molecule has 0 bridgehead atoms. The first-order valence-electron chi connectivity index (χ1n) is 6.78. The number of halogens is 1. The van der Waals surface area contributed by atoms with E-state index in [4.69, 9.17) is 0 Å². The molecule has 6 nitrogen and oxygen atoms in total. The van der Waals surface area contributed by atoms with E-state index in [1.165, 1.54) is 29.5 Å². The monoisotopic (exact) mass is 324 g/mol. The second kappa shape index (κ2) is 7.28.